The van der Waals surface area contributed by atoms with Crippen molar-refractivity contribution in [2.45, 2.75) is 31.7 Å². The van der Waals surface area contributed by atoms with Crippen LogP contribution >= 0.6 is 0 Å². The van der Waals surface area contributed by atoms with Gasteiger partial charge in [0, 0.05) is 27.8 Å². The number of carbonyl (C=O) groups is 1. The molecule has 1 aliphatic carbocycles. The maximum absolute atomic E-state index is 11.3. The molecule has 0 saturated carbocycles. The third-order valence-corrected chi connectivity index (χ3v) is 2.78. The number of hydrogen-bond acceptors (Lipinski definition) is 4. The van der Waals surface area contributed by atoms with E-state index in [1.807, 2.05) is 6.08 Å². The van der Waals surface area contributed by atoms with E-state index in [1.54, 1.807) is 28.3 Å². The molecule has 0 aliphatic heterocycles. The molecule has 4 heteroatoms. The van der Waals surface area contributed by atoms with Gasteiger partial charge < -0.3 is 14.2 Å². The van der Waals surface area contributed by atoms with E-state index in [2.05, 4.69) is 0 Å². The number of rotatable bonds is 4. The molecule has 0 heterocycles. The molecule has 0 bridgehead atoms. The molecule has 0 fully saturated rings. The SMILES string of the molecule is COC1C=C(C(C)=O)CC(OC)C1OC. The van der Waals surface area contributed by atoms with Crippen molar-refractivity contribution in [3.05, 3.63) is 11.6 Å². The van der Waals surface area contributed by atoms with Gasteiger partial charge in [-0.1, -0.05) is 0 Å². The number of Topliss-reactive ketones (excluding diaryl/α,β-unsaturated/α-hetero) is 1. The quantitative estimate of drug-likeness (QED) is 0.699. The second kappa shape index (κ2) is 5.39. The Bertz CT molecular complexity index is 259. The highest BCUT2D eigenvalue weighted by molar-refractivity contribution is 5.93. The Balaban J connectivity index is 2.90. The minimum absolute atomic E-state index is 0.0636. The van der Waals surface area contributed by atoms with Gasteiger partial charge in [0.25, 0.3) is 0 Å². The lowest BCUT2D eigenvalue weighted by Crippen LogP contribution is -2.44. The van der Waals surface area contributed by atoms with Gasteiger partial charge in [-0.15, -0.1) is 0 Å². The van der Waals surface area contributed by atoms with Crippen LogP contribution < -0.4 is 0 Å². The average molecular weight is 214 g/mol. The van der Waals surface area contributed by atoms with Crippen LogP contribution in [0.5, 0.6) is 0 Å². The smallest absolute Gasteiger partial charge is 0.155 e. The van der Waals surface area contributed by atoms with Gasteiger partial charge in [-0.05, 0) is 18.6 Å². The molecule has 86 valence electrons. The molecule has 0 spiro atoms. The van der Waals surface area contributed by atoms with Crippen molar-refractivity contribution >= 4 is 5.78 Å². The number of carbonyl (C=O) groups excluding carboxylic acids is 1. The van der Waals surface area contributed by atoms with Crippen LogP contribution in [-0.2, 0) is 19.0 Å². The largest absolute Gasteiger partial charge is 0.378 e. The summed E-state index contributed by atoms with van der Waals surface area (Å²) in [6.07, 6.45) is 1.93. The van der Waals surface area contributed by atoms with E-state index in [1.165, 1.54) is 0 Å². The summed E-state index contributed by atoms with van der Waals surface area (Å²) in [4.78, 5) is 11.3. The lowest BCUT2D eigenvalue weighted by Gasteiger charge is -2.33. The molecule has 3 unspecified atom stereocenters. The summed E-state index contributed by atoms with van der Waals surface area (Å²) in [6.45, 7) is 1.55. The molecule has 4 nitrogen and oxygen atoms in total. The van der Waals surface area contributed by atoms with Gasteiger partial charge in [-0.2, -0.15) is 0 Å². The standard InChI is InChI=1S/C11H18O4/c1-7(12)8-5-9(13-2)11(15-4)10(6-8)14-3/h5,9-11H,6H2,1-4H3. The predicted octanol–water partition coefficient (Wildman–Crippen LogP) is 0.950. The van der Waals surface area contributed by atoms with Crippen LogP contribution in [0.3, 0.4) is 0 Å². The third kappa shape index (κ3) is 2.65. The van der Waals surface area contributed by atoms with Gasteiger partial charge in [0.15, 0.2) is 5.78 Å². The van der Waals surface area contributed by atoms with Crippen LogP contribution in [0.1, 0.15) is 13.3 Å². The zero-order chi connectivity index (χ0) is 11.4. The highest BCUT2D eigenvalue weighted by Gasteiger charge is 2.34. The first kappa shape index (κ1) is 12.4. The lowest BCUT2D eigenvalue weighted by atomic mass is 9.90. The van der Waals surface area contributed by atoms with E-state index >= 15 is 0 Å². The van der Waals surface area contributed by atoms with Crippen molar-refractivity contribution in [1.82, 2.24) is 0 Å². The fourth-order valence-electron chi connectivity index (χ4n) is 1.87. The number of ether oxygens (including phenoxy) is 3. The van der Waals surface area contributed by atoms with Gasteiger partial charge in [0.1, 0.15) is 12.2 Å². The minimum atomic E-state index is -0.215. The van der Waals surface area contributed by atoms with E-state index in [9.17, 15) is 4.79 Å². The van der Waals surface area contributed by atoms with Crippen LogP contribution in [0.15, 0.2) is 11.6 Å². The molecule has 0 aromatic heterocycles. The molecular weight excluding hydrogens is 196 g/mol. The molecular formula is C11H18O4. The summed E-state index contributed by atoms with van der Waals surface area (Å²) < 4.78 is 15.9. The first-order valence-electron chi connectivity index (χ1n) is 4.94. The Kier molecular flexibility index (Phi) is 4.45. The summed E-state index contributed by atoms with van der Waals surface area (Å²) in [5.41, 5.74) is 0.752. The van der Waals surface area contributed by atoms with E-state index in [0.717, 1.165) is 5.57 Å². The Labute approximate surface area is 90.2 Å². The highest BCUT2D eigenvalue weighted by Crippen LogP contribution is 2.25. The molecule has 0 radical (unpaired) electrons. The molecule has 1 rings (SSSR count). The number of hydrogen-bond donors (Lipinski definition) is 0. The van der Waals surface area contributed by atoms with Crippen molar-refractivity contribution in [1.29, 1.82) is 0 Å². The summed E-state index contributed by atoms with van der Waals surface area (Å²) >= 11 is 0. The average Bonchev–Trinajstić information content (AvgIpc) is 2.26. The molecule has 3 atom stereocenters. The molecule has 1 aliphatic rings. The molecule has 15 heavy (non-hydrogen) atoms. The second-order valence-electron chi connectivity index (χ2n) is 3.63. The van der Waals surface area contributed by atoms with Crippen molar-refractivity contribution in [3.63, 3.8) is 0 Å². The lowest BCUT2D eigenvalue weighted by molar-refractivity contribution is -0.118. The monoisotopic (exact) mass is 214 g/mol. The Morgan fingerprint density at radius 2 is 1.93 bits per heavy atom. The van der Waals surface area contributed by atoms with E-state index < -0.39 is 0 Å². The maximum atomic E-state index is 11.3. The molecule has 0 aromatic rings. The maximum Gasteiger partial charge on any atom is 0.155 e. The third-order valence-electron chi connectivity index (χ3n) is 2.78. The Hall–Kier alpha value is -0.710. The fourth-order valence-corrected chi connectivity index (χ4v) is 1.87. The van der Waals surface area contributed by atoms with Gasteiger partial charge in [0.05, 0.1) is 6.10 Å². The van der Waals surface area contributed by atoms with E-state index in [0.29, 0.717) is 6.42 Å². The van der Waals surface area contributed by atoms with E-state index in [4.69, 9.17) is 14.2 Å². The molecule has 0 aromatic carbocycles. The van der Waals surface area contributed by atoms with Crippen molar-refractivity contribution in [2.75, 3.05) is 21.3 Å². The number of methoxy groups -OCH3 is 3. The summed E-state index contributed by atoms with van der Waals surface area (Å²) in [6, 6.07) is 0. The Morgan fingerprint density at radius 3 is 2.33 bits per heavy atom. The molecule has 0 saturated heterocycles. The first-order chi connectivity index (χ1) is 7.13. The van der Waals surface area contributed by atoms with Crippen molar-refractivity contribution in [2.24, 2.45) is 0 Å². The topological polar surface area (TPSA) is 44.8 Å². The van der Waals surface area contributed by atoms with Gasteiger partial charge >= 0.3 is 0 Å². The van der Waals surface area contributed by atoms with Crippen LogP contribution in [0.25, 0.3) is 0 Å². The van der Waals surface area contributed by atoms with Crippen LogP contribution in [-0.4, -0.2) is 45.4 Å². The zero-order valence-electron chi connectivity index (χ0n) is 9.65. The summed E-state index contributed by atoms with van der Waals surface area (Å²) in [7, 11) is 4.84. The number of ketones is 1. The van der Waals surface area contributed by atoms with Crippen molar-refractivity contribution < 1.29 is 19.0 Å². The predicted molar refractivity (Wildman–Crippen MR) is 55.8 cm³/mol. The zero-order valence-corrected chi connectivity index (χ0v) is 9.65. The first-order valence-corrected chi connectivity index (χ1v) is 4.94. The minimum Gasteiger partial charge on any atom is -0.378 e. The van der Waals surface area contributed by atoms with Crippen LogP contribution in [0.2, 0.25) is 0 Å². The summed E-state index contributed by atoms with van der Waals surface area (Å²) in [5, 5.41) is 0. The fraction of sp³-hybridized carbons (Fsp3) is 0.727. The van der Waals surface area contributed by atoms with Gasteiger partial charge in [0.2, 0.25) is 0 Å². The molecule has 0 amide bonds. The summed E-state index contributed by atoms with van der Waals surface area (Å²) in [5.74, 6) is 0.0636. The van der Waals surface area contributed by atoms with Crippen LogP contribution in [0.4, 0.5) is 0 Å². The normalized spacial score (nSPS) is 31.2. The van der Waals surface area contributed by atoms with E-state index in [-0.39, 0.29) is 24.1 Å². The molecule has 0 N–H and O–H groups in total. The van der Waals surface area contributed by atoms with Gasteiger partial charge in [-0.3, -0.25) is 4.79 Å². The second-order valence-corrected chi connectivity index (χ2v) is 3.63. The van der Waals surface area contributed by atoms with Crippen LogP contribution in [0, 0.1) is 0 Å². The van der Waals surface area contributed by atoms with Crippen molar-refractivity contribution in [3.8, 4) is 0 Å². The highest BCUT2D eigenvalue weighted by atomic mass is 16.6. The Morgan fingerprint density at radius 1 is 1.27 bits per heavy atom. The van der Waals surface area contributed by atoms with Gasteiger partial charge in [-0.25, -0.2) is 0 Å².